The Morgan fingerprint density at radius 1 is 1.29 bits per heavy atom. The van der Waals surface area contributed by atoms with E-state index in [-0.39, 0.29) is 11.4 Å². The van der Waals surface area contributed by atoms with Gasteiger partial charge in [-0.05, 0) is 57.2 Å². The second kappa shape index (κ2) is 7.15. The van der Waals surface area contributed by atoms with Crippen molar-refractivity contribution in [1.29, 1.82) is 0 Å². The van der Waals surface area contributed by atoms with Crippen molar-refractivity contribution in [1.82, 2.24) is 5.32 Å². The molecule has 1 saturated carbocycles. The summed E-state index contributed by atoms with van der Waals surface area (Å²) in [4.78, 5) is 0.814. The van der Waals surface area contributed by atoms with Gasteiger partial charge >= 0.3 is 0 Å². The highest BCUT2D eigenvalue weighted by Gasteiger charge is 2.21. The van der Waals surface area contributed by atoms with Crippen molar-refractivity contribution in [2.75, 3.05) is 0 Å². The number of nitrogens with one attached hydrogen (secondary N) is 1. The predicted molar refractivity (Wildman–Crippen MR) is 90.3 cm³/mol. The number of thioether (sulfide) groups is 1. The topological polar surface area (TPSA) is 12.0 Å². The van der Waals surface area contributed by atoms with Crippen LogP contribution in [0.25, 0.3) is 0 Å². The first-order chi connectivity index (χ1) is 9.83. The summed E-state index contributed by atoms with van der Waals surface area (Å²) in [5.74, 6) is 0.723. The van der Waals surface area contributed by atoms with Crippen LogP contribution in [0.4, 0.5) is 4.39 Å². The molecule has 0 amide bonds. The van der Waals surface area contributed by atoms with Gasteiger partial charge in [0.05, 0.1) is 0 Å². The zero-order valence-electron chi connectivity index (χ0n) is 13.7. The van der Waals surface area contributed by atoms with Gasteiger partial charge in [-0.15, -0.1) is 11.8 Å². The fraction of sp³-hybridized carbons (Fsp3) is 0.667. The van der Waals surface area contributed by atoms with Gasteiger partial charge in [0, 0.05) is 22.2 Å². The maximum Gasteiger partial charge on any atom is 0.137 e. The molecule has 0 aliphatic heterocycles. The maximum absolute atomic E-state index is 14.3. The van der Waals surface area contributed by atoms with Gasteiger partial charge in [0.15, 0.2) is 0 Å². The molecule has 0 aromatic heterocycles. The van der Waals surface area contributed by atoms with E-state index in [1.807, 2.05) is 6.07 Å². The highest BCUT2D eigenvalue weighted by molar-refractivity contribution is 8.00. The van der Waals surface area contributed by atoms with Gasteiger partial charge in [-0.3, -0.25) is 0 Å². The van der Waals surface area contributed by atoms with Crippen molar-refractivity contribution in [3.05, 3.63) is 29.6 Å². The van der Waals surface area contributed by atoms with Crippen LogP contribution in [0.3, 0.4) is 0 Å². The van der Waals surface area contributed by atoms with Crippen LogP contribution in [0.15, 0.2) is 23.1 Å². The molecule has 1 N–H and O–H groups in total. The minimum atomic E-state index is -0.0635. The molecular weight excluding hydrogens is 281 g/mol. The molecule has 118 valence electrons. The second-order valence-corrected chi connectivity index (χ2v) is 8.72. The molecule has 1 aliphatic rings. The Morgan fingerprint density at radius 2 is 2.05 bits per heavy atom. The molecule has 1 aromatic carbocycles. The van der Waals surface area contributed by atoms with E-state index in [4.69, 9.17) is 0 Å². The lowest BCUT2D eigenvalue weighted by Gasteiger charge is -2.26. The van der Waals surface area contributed by atoms with Crippen LogP contribution in [0.5, 0.6) is 0 Å². The van der Waals surface area contributed by atoms with Crippen LogP contribution in [-0.4, -0.2) is 10.8 Å². The highest BCUT2D eigenvalue weighted by Crippen LogP contribution is 2.37. The summed E-state index contributed by atoms with van der Waals surface area (Å²) in [6.07, 6.45) is 5.06. The Kier molecular flexibility index (Phi) is 5.73. The largest absolute Gasteiger partial charge is 0.308 e. The second-order valence-electron chi connectivity index (χ2n) is 7.38. The third kappa shape index (κ3) is 5.63. The van der Waals surface area contributed by atoms with Crippen LogP contribution in [-0.2, 0) is 6.54 Å². The Hall–Kier alpha value is -0.540. The first kappa shape index (κ1) is 16.8. The molecule has 1 fully saturated rings. The van der Waals surface area contributed by atoms with Crippen molar-refractivity contribution < 1.29 is 4.39 Å². The Balaban J connectivity index is 1.95. The molecule has 0 saturated heterocycles. The average Bonchev–Trinajstić information content (AvgIpc) is 2.38. The highest BCUT2D eigenvalue weighted by atomic mass is 32.2. The van der Waals surface area contributed by atoms with E-state index in [0.29, 0.717) is 11.8 Å². The van der Waals surface area contributed by atoms with E-state index < -0.39 is 0 Å². The summed E-state index contributed by atoms with van der Waals surface area (Å²) in [5.41, 5.74) is 1.08. The van der Waals surface area contributed by atoms with E-state index in [9.17, 15) is 4.39 Å². The van der Waals surface area contributed by atoms with Crippen molar-refractivity contribution in [2.24, 2.45) is 5.92 Å². The lowest BCUT2D eigenvalue weighted by Crippen LogP contribution is -2.35. The normalized spacial score (nSPS) is 23.3. The number of benzene rings is 1. The van der Waals surface area contributed by atoms with E-state index in [1.54, 1.807) is 17.8 Å². The van der Waals surface area contributed by atoms with Gasteiger partial charge in [0.1, 0.15) is 5.82 Å². The first-order valence-electron chi connectivity index (χ1n) is 8.03. The number of hydrogen-bond donors (Lipinski definition) is 1. The smallest absolute Gasteiger partial charge is 0.137 e. The van der Waals surface area contributed by atoms with Gasteiger partial charge in [-0.25, -0.2) is 4.39 Å². The first-order valence-corrected chi connectivity index (χ1v) is 8.91. The molecular formula is C18H28FNS. The van der Waals surface area contributed by atoms with Gasteiger partial charge in [0.2, 0.25) is 0 Å². The van der Waals surface area contributed by atoms with Crippen LogP contribution < -0.4 is 5.32 Å². The van der Waals surface area contributed by atoms with Crippen LogP contribution >= 0.6 is 11.8 Å². The van der Waals surface area contributed by atoms with Gasteiger partial charge in [-0.2, -0.15) is 0 Å². The number of rotatable bonds is 4. The molecule has 1 aliphatic carbocycles. The molecule has 2 unspecified atom stereocenters. The monoisotopic (exact) mass is 309 g/mol. The third-order valence-corrected chi connectivity index (χ3v) is 5.35. The molecule has 1 aromatic rings. The fourth-order valence-electron chi connectivity index (χ4n) is 2.78. The van der Waals surface area contributed by atoms with Crippen molar-refractivity contribution in [3.8, 4) is 0 Å². The Bertz CT molecular complexity index is 467. The van der Waals surface area contributed by atoms with Crippen molar-refractivity contribution in [2.45, 2.75) is 75.6 Å². The predicted octanol–water partition coefficient (Wildman–Crippen LogP) is 5.38. The molecule has 0 heterocycles. The summed E-state index contributed by atoms with van der Waals surface area (Å²) in [6.45, 7) is 9.39. The standard InChI is InChI=1S/C18H28FNS/c1-13-6-5-7-15(10-13)21-17-9-8-14(11-16(17)19)12-20-18(2,3)4/h8-9,11,13,15,20H,5-7,10,12H2,1-4H3. The maximum atomic E-state index is 14.3. The summed E-state index contributed by atoms with van der Waals surface area (Å²) in [7, 11) is 0. The molecule has 0 radical (unpaired) electrons. The zero-order chi connectivity index (χ0) is 15.5. The van der Waals surface area contributed by atoms with Crippen molar-refractivity contribution in [3.63, 3.8) is 0 Å². The third-order valence-electron chi connectivity index (χ3n) is 4.00. The molecule has 2 atom stereocenters. The number of hydrogen-bond acceptors (Lipinski definition) is 2. The van der Waals surface area contributed by atoms with Gasteiger partial charge < -0.3 is 5.32 Å². The number of halogens is 1. The van der Waals surface area contributed by atoms with Crippen molar-refractivity contribution >= 4 is 11.8 Å². The summed E-state index contributed by atoms with van der Waals surface area (Å²) >= 11 is 1.73. The molecule has 3 heteroatoms. The molecule has 2 rings (SSSR count). The quantitative estimate of drug-likeness (QED) is 0.801. The van der Waals surface area contributed by atoms with E-state index in [1.165, 1.54) is 25.7 Å². The lowest BCUT2D eigenvalue weighted by atomic mass is 9.91. The molecule has 21 heavy (non-hydrogen) atoms. The fourth-order valence-corrected chi connectivity index (χ4v) is 4.17. The summed E-state index contributed by atoms with van der Waals surface area (Å²) in [6, 6.07) is 5.70. The summed E-state index contributed by atoms with van der Waals surface area (Å²) < 4.78 is 14.3. The molecule has 1 nitrogen and oxygen atoms in total. The van der Waals surface area contributed by atoms with E-state index in [2.05, 4.69) is 39.1 Å². The Morgan fingerprint density at radius 3 is 2.67 bits per heavy atom. The van der Waals surface area contributed by atoms with Gasteiger partial charge in [0.25, 0.3) is 0 Å². The average molecular weight is 309 g/mol. The molecule has 0 bridgehead atoms. The van der Waals surface area contributed by atoms with Gasteiger partial charge in [-0.1, -0.05) is 25.8 Å². The molecule has 0 spiro atoms. The Labute approximate surface area is 133 Å². The van der Waals surface area contributed by atoms with Crippen LogP contribution in [0.2, 0.25) is 0 Å². The SMILES string of the molecule is CC1CCCC(Sc2ccc(CNC(C)(C)C)cc2F)C1. The minimum absolute atomic E-state index is 0.0577. The van der Waals surface area contributed by atoms with E-state index >= 15 is 0 Å². The van der Waals surface area contributed by atoms with Crippen LogP contribution in [0.1, 0.15) is 58.9 Å². The van der Waals surface area contributed by atoms with E-state index in [0.717, 1.165) is 16.4 Å². The summed E-state index contributed by atoms with van der Waals surface area (Å²) in [5, 5.41) is 3.98. The zero-order valence-corrected chi connectivity index (χ0v) is 14.5. The lowest BCUT2D eigenvalue weighted by molar-refractivity contribution is 0.394. The van der Waals surface area contributed by atoms with Crippen LogP contribution in [0, 0.1) is 11.7 Å². The minimum Gasteiger partial charge on any atom is -0.308 e.